The Morgan fingerprint density at radius 1 is 1.09 bits per heavy atom. The summed E-state index contributed by atoms with van der Waals surface area (Å²) in [6.45, 7) is 8.88. The molecule has 3 aliphatic carbocycles. The number of rotatable bonds is 5. The van der Waals surface area contributed by atoms with Gasteiger partial charge in [-0.25, -0.2) is 0 Å². The molecule has 0 amide bonds. The first-order chi connectivity index (χ1) is 15.9. The van der Waals surface area contributed by atoms with Crippen LogP contribution < -0.4 is 0 Å². The van der Waals surface area contributed by atoms with Crippen LogP contribution in [0.25, 0.3) is 11.3 Å². The normalized spacial score (nSPS) is 30.0. The molecule has 0 unspecified atom stereocenters. The van der Waals surface area contributed by atoms with Gasteiger partial charge in [0.1, 0.15) is 0 Å². The van der Waals surface area contributed by atoms with E-state index in [9.17, 15) is 9.59 Å². The molecule has 0 saturated heterocycles. The zero-order valence-corrected chi connectivity index (χ0v) is 20.0. The molecule has 0 N–H and O–H groups in total. The number of carbonyl (C=O) groups is 2. The van der Waals surface area contributed by atoms with Gasteiger partial charge in [0.15, 0.2) is 0 Å². The van der Waals surface area contributed by atoms with Crippen LogP contribution in [0.2, 0.25) is 0 Å². The van der Waals surface area contributed by atoms with Gasteiger partial charge in [0.05, 0.1) is 29.8 Å². The lowest BCUT2D eigenvalue weighted by molar-refractivity contribution is -0.150. The van der Waals surface area contributed by atoms with Gasteiger partial charge in [-0.2, -0.15) is 9.78 Å². The van der Waals surface area contributed by atoms with Gasteiger partial charge in [-0.3, -0.25) is 9.59 Å². The van der Waals surface area contributed by atoms with E-state index in [0.29, 0.717) is 24.4 Å². The summed E-state index contributed by atoms with van der Waals surface area (Å²) in [5.41, 5.74) is 4.22. The van der Waals surface area contributed by atoms with E-state index in [1.807, 2.05) is 25.1 Å². The van der Waals surface area contributed by atoms with Gasteiger partial charge in [0, 0.05) is 17.0 Å². The Bertz CT molecular complexity index is 1080. The maximum absolute atomic E-state index is 14.2. The van der Waals surface area contributed by atoms with Crippen molar-refractivity contribution < 1.29 is 14.3 Å². The van der Waals surface area contributed by atoms with Gasteiger partial charge in [-0.1, -0.05) is 63.3 Å². The van der Waals surface area contributed by atoms with Crippen molar-refractivity contribution in [2.75, 3.05) is 6.61 Å². The number of benzene rings is 1. The van der Waals surface area contributed by atoms with Gasteiger partial charge in [-0.05, 0) is 49.9 Å². The van der Waals surface area contributed by atoms with Crippen LogP contribution >= 0.6 is 0 Å². The standard InChI is InChI=1S/C28H34N2O3/c1-5-33-28(32)24-20-13-12-19(15-20)23(24)27(31)30-26(18-9-7-6-8-10-18)22-17(4)11-14-21(16(2)3)25(22)29-30/h6-10,12-13,16-17,19-21,23-24H,5,11,14-15H2,1-4H3/t17-,19+,20-,21+,23+,24+/m1/s1. The predicted molar refractivity (Wildman–Crippen MR) is 128 cm³/mol. The number of carbonyl (C=O) groups excluding carboxylic acids is 2. The molecule has 1 aromatic carbocycles. The molecule has 6 atom stereocenters. The minimum absolute atomic E-state index is 0.0622. The van der Waals surface area contributed by atoms with Crippen LogP contribution in [0, 0.1) is 29.6 Å². The highest BCUT2D eigenvalue weighted by Crippen LogP contribution is 2.51. The van der Waals surface area contributed by atoms with E-state index in [1.54, 1.807) is 4.68 Å². The minimum atomic E-state index is -0.421. The van der Waals surface area contributed by atoms with E-state index in [0.717, 1.165) is 36.2 Å². The molecule has 174 valence electrons. The highest BCUT2D eigenvalue weighted by Gasteiger charge is 2.53. The zero-order chi connectivity index (χ0) is 23.3. The number of aromatic nitrogens is 2. The highest BCUT2D eigenvalue weighted by atomic mass is 16.5. The second-order valence-electron chi connectivity index (χ2n) is 10.3. The summed E-state index contributed by atoms with van der Waals surface area (Å²) in [5.74, 6) is 0.131. The van der Waals surface area contributed by atoms with Crippen LogP contribution in [0.5, 0.6) is 0 Å². The van der Waals surface area contributed by atoms with E-state index < -0.39 is 11.8 Å². The van der Waals surface area contributed by atoms with Gasteiger partial charge >= 0.3 is 5.97 Å². The quantitative estimate of drug-likeness (QED) is 0.428. The predicted octanol–water partition coefficient (Wildman–Crippen LogP) is 5.83. The average Bonchev–Trinajstić information content (AvgIpc) is 3.52. The van der Waals surface area contributed by atoms with Crippen molar-refractivity contribution in [2.45, 2.75) is 58.8 Å². The molecule has 0 radical (unpaired) electrons. The average molecular weight is 447 g/mol. The molecule has 1 heterocycles. The van der Waals surface area contributed by atoms with E-state index in [4.69, 9.17) is 9.84 Å². The monoisotopic (exact) mass is 446 g/mol. The number of hydrogen-bond donors (Lipinski definition) is 0. The molecule has 1 fully saturated rings. The first-order valence-electron chi connectivity index (χ1n) is 12.5. The van der Waals surface area contributed by atoms with Crippen molar-refractivity contribution in [1.29, 1.82) is 0 Å². The van der Waals surface area contributed by atoms with Crippen LogP contribution in [0.1, 0.15) is 74.8 Å². The minimum Gasteiger partial charge on any atom is -0.466 e. The van der Waals surface area contributed by atoms with Crippen LogP contribution in [-0.2, 0) is 9.53 Å². The van der Waals surface area contributed by atoms with Gasteiger partial charge in [0.2, 0.25) is 0 Å². The molecule has 5 heteroatoms. The van der Waals surface area contributed by atoms with Crippen molar-refractivity contribution in [3.63, 3.8) is 0 Å². The fourth-order valence-corrected chi connectivity index (χ4v) is 6.46. The number of nitrogens with zero attached hydrogens (tertiary/aromatic N) is 2. The Hall–Kier alpha value is -2.69. The Kier molecular flexibility index (Phi) is 5.75. The van der Waals surface area contributed by atoms with E-state index in [2.05, 4.69) is 45.1 Å². The van der Waals surface area contributed by atoms with Crippen molar-refractivity contribution in [3.05, 3.63) is 53.7 Å². The summed E-state index contributed by atoms with van der Waals surface area (Å²) < 4.78 is 7.07. The fourth-order valence-electron chi connectivity index (χ4n) is 6.46. The summed E-state index contributed by atoms with van der Waals surface area (Å²) in [6, 6.07) is 10.2. The lowest BCUT2D eigenvalue weighted by Gasteiger charge is -2.29. The Morgan fingerprint density at radius 3 is 2.45 bits per heavy atom. The lowest BCUT2D eigenvalue weighted by atomic mass is 9.75. The molecule has 2 bridgehead atoms. The van der Waals surface area contributed by atoms with E-state index >= 15 is 0 Å². The molecular weight excluding hydrogens is 412 g/mol. The number of ether oxygens (including phenoxy) is 1. The molecule has 33 heavy (non-hydrogen) atoms. The van der Waals surface area contributed by atoms with Crippen molar-refractivity contribution in [3.8, 4) is 11.3 Å². The first-order valence-corrected chi connectivity index (χ1v) is 12.5. The molecule has 2 aromatic rings. The Balaban J connectivity index is 1.65. The second kappa shape index (κ2) is 8.58. The Morgan fingerprint density at radius 2 is 1.79 bits per heavy atom. The third-order valence-electron chi connectivity index (χ3n) is 8.07. The van der Waals surface area contributed by atoms with Crippen LogP contribution in [-0.4, -0.2) is 28.3 Å². The molecular formula is C28H34N2O3. The van der Waals surface area contributed by atoms with Crippen molar-refractivity contribution in [1.82, 2.24) is 9.78 Å². The summed E-state index contributed by atoms with van der Waals surface area (Å²) in [6.07, 6.45) is 7.24. The maximum atomic E-state index is 14.2. The SMILES string of the molecule is CCOC(=O)[C@@H]1[C@@H](C(=O)n2nc3c(c2-c2ccccc2)[C@H](C)CC[C@H]3C(C)C)[C@H]2C=C[C@@H]1C2. The molecule has 1 aromatic heterocycles. The third-order valence-corrected chi connectivity index (χ3v) is 8.07. The van der Waals surface area contributed by atoms with Crippen LogP contribution in [0.15, 0.2) is 42.5 Å². The molecule has 5 rings (SSSR count). The summed E-state index contributed by atoms with van der Waals surface area (Å²) in [4.78, 5) is 27.1. The second-order valence-corrected chi connectivity index (χ2v) is 10.3. The number of fused-ring (bicyclic) bond motifs is 3. The topological polar surface area (TPSA) is 61.2 Å². The van der Waals surface area contributed by atoms with Crippen molar-refractivity contribution in [2.24, 2.45) is 29.6 Å². The smallest absolute Gasteiger partial charge is 0.310 e. The van der Waals surface area contributed by atoms with Crippen LogP contribution in [0.3, 0.4) is 0 Å². The third kappa shape index (κ3) is 3.56. The molecule has 3 aliphatic rings. The van der Waals surface area contributed by atoms with Crippen molar-refractivity contribution >= 4 is 11.9 Å². The first kappa shape index (κ1) is 22.1. The molecule has 0 spiro atoms. The van der Waals surface area contributed by atoms with Crippen LogP contribution in [0.4, 0.5) is 0 Å². The number of allylic oxidation sites excluding steroid dienone is 2. The van der Waals surface area contributed by atoms with Gasteiger partial charge in [-0.15, -0.1) is 0 Å². The number of hydrogen-bond acceptors (Lipinski definition) is 4. The molecule has 5 nitrogen and oxygen atoms in total. The summed E-state index contributed by atoms with van der Waals surface area (Å²) in [5, 5.41) is 5.04. The van der Waals surface area contributed by atoms with Gasteiger partial charge < -0.3 is 4.74 Å². The highest BCUT2D eigenvalue weighted by molar-refractivity contribution is 5.92. The largest absolute Gasteiger partial charge is 0.466 e. The van der Waals surface area contributed by atoms with E-state index in [-0.39, 0.29) is 23.7 Å². The summed E-state index contributed by atoms with van der Waals surface area (Å²) >= 11 is 0. The fraction of sp³-hybridized carbons (Fsp3) is 0.536. The zero-order valence-electron chi connectivity index (χ0n) is 20.0. The number of esters is 1. The maximum Gasteiger partial charge on any atom is 0.310 e. The molecule has 0 aliphatic heterocycles. The molecule has 1 saturated carbocycles. The Labute approximate surface area is 196 Å². The van der Waals surface area contributed by atoms with E-state index in [1.165, 1.54) is 5.56 Å². The lowest BCUT2D eigenvalue weighted by Crippen LogP contribution is -2.37. The van der Waals surface area contributed by atoms with Gasteiger partial charge in [0.25, 0.3) is 5.91 Å². The summed E-state index contributed by atoms with van der Waals surface area (Å²) in [7, 11) is 0.